The van der Waals surface area contributed by atoms with Crippen LogP contribution in [-0.2, 0) is 12.8 Å². The topological polar surface area (TPSA) is 12.9 Å². The third-order valence-corrected chi connectivity index (χ3v) is 4.75. The second kappa shape index (κ2) is 5.76. The van der Waals surface area contributed by atoms with Crippen LogP contribution in [0.3, 0.4) is 0 Å². The van der Waals surface area contributed by atoms with Crippen LogP contribution in [0.2, 0.25) is 0 Å². The predicted octanol–water partition coefficient (Wildman–Crippen LogP) is -0.336. The van der Waals surface area contributed by atoms with Crippen LogP contribution in [0.4, 0.5) is 0 Å². The van der Waals surface area contributed by atoms with E-state index in [2.05, 4.69) is 59.6 Å². The van der Waals surface area contributed by atoms with Gasteiger partial charge in [0.1, 0.15) is 0 Å². The number of aromatic nitrogens is 1. The molecule has 2 heteroatoms. The Balaban J connectivity index is 0.000000845. The zero-order valence-corrected chi connectivity index (χ0v) is 15.2. The Bertz CT molecular complexity index is 955. The van der Waals surface area contributed by atoms with Crippen molar-refractivity contribution in [3.05, 3.63) is 98.7 Å². The van der Waals surface area contributed by atoms with E-state index in [0.29, 0.717) is 0 Å². The molecular weight excluding hydrogens is 289 g/mol. The summed E-state index contributed by atoms with van der Waals surface area (Å²) in [6.45, 7) is 0. The van der Waals surface area contributed by atoms with Crippen LogP contribution in [0.25, 0.3) is 12.2 Å². The smallest absolute Gasteiger partial charge is 1.00 e. The maximum Gasteiger partial charge on any atom is 1.00 e. The third-order valence-electron chi connectivity index (χ3n) is 4.75. The Hall–Kier alpha value is -1.67. The number of benzene rings is 2. The molecule has 23 heavy (non-hydrogen) atoms. The van der Waals surface area contributed by atoms with Crippen molar-refractivity contribution in [2.45, 2.75) is 12.8 Å². The molecule has 1 nitrogen and oxygen atoms in total. The minimum atomic E-state index is 0. The molecule has 0 unspecified atom stereocenters. The van der Waals surface area contributed by atoms with Gasteiger partial charge in [0.15, 0.2) is 0 Å². The summed E-state index contributed by atoms with van der Waals surface area (Å²) in [6.07, 6.45) is 8.45. The standard InChI is InChI=1S/C21H15N.Na.H/c1-2-5-15-9-18-12-20-13-21-16(6-3-7-22-21)10-19(20)11-17(18)8-14(15)4-1;;/h1-8,11-13H,9-10H2;;/q;+1;-1. The fourth-order valence-electron chi connectivity index (χ4n) is 3.59. The Morgan fingerprint density at radius 1 is 0.739 bits per heavy atom. The van der Waals surface area contributed by atoms with E-state index in [1.165, 1.54) is 38.3 Å². The van der Waals surface area contributed by atoms with E-state index in [9.17, 15) is 0 Å². The summed E-state index contributed by atoms with van der Waals surface area (Å²) in [5.41, 5.74) is 8.06. The van der Waals surface area contributed by atoms with E-state index in [0.717, 1.165) is 18.5 Å². The molecule has 0 N–H and O–H groups in total. The van der Waals surface area contributed by atoms with Gasteiger partial charge in [-0.1, -0.05) is 42.5 Å². The maximum absolute atomic E-state index is 4.50. The van der Waals surface area contributed by atoms with Crippen LogP contribution >= 0.6 is 0 Å². The van der Waals surface area contributed by atoms with Gasteiger partial charge >= 0.3 is 29.6 Å². The molecule has 0 bridgehead atoms. The van der Waals surface area contributed by atoms with Gasteiger partial charge in [0.05, 0.1) is 5.69 Å². The van der Waals surface area contributed by atoms with Crippen molar-refractivity contribution in [3.63, 3.8) is 0 Å². The van der Waals surface area contributed by atoms with Crippen molar-refractivity contribution in [2.24, 2.45) is 0 Å². The van der Waals surface area contributed by atoms with Gasteiger partial charge in [-0.15, -0.1) is 0 Å². The molecule has 2 aliphatic carbocycles. The molecule has 2 aliphatic rings. The van der Waals surface area contributed by atoms with Crippen LogP contribution < -0.4 is 40.0 Å². The van der Waals surface area contributed by atoms with Crippen molar-refractivity contribution in [2.75, 3.05) is 0 Å². The molecule has 0 fully saturated rings. The molecule has 0 spiro atoms. The monoisotopic (exact) mass is 305 g/mol. The van der Waals surface area contributed by atoms with Crippen LogP contribution in [-0.4, -0.2) is 4.98 Å². The van der Waals surface area contributed by atoms with Gasteiger partial charge in [-0.3, -0.25) is 4.98 Å². The molecule has 0 atom stereocenters. The van der Waals surface area contributed by atoms with Gasteiger partial charge in [-0.05, 0) is 62.9 Å². The Morgan fingerprint density at radius 3 is 2.30 bits per heavy atom. The van der Waals surface area contributed by atoms with Crippen molar-refractivity contribution in [3.8, 4) is 0 Å². The van der Waals surface area contributed by atoms with Crippen molar-refractivity contribution in [1.82, 2.24) is 4.98 Å². The van der Waals surface area contributed by atoms with Crippen LogP contribution in [0, 0.1) is 0 Å². The second-order valence-corrected chi connectivity index (χ2v) is 6.14. The maximum atomic E-state index is 4.50. The molecule has 5 rings (SSSR count). The third kappa shape index (κ3) is 2.49. The molecule has 1 aromatic heterocycles. The number of pyridine rings is 1. The van der Waals surface area contributed by atoms with Crippen molar-refractivity contribution < 1.29 is 31.0 Å². The van der Waals surface area contributed by atoms with Crippen molar-refractivity contribution in [1.29, 1.82) is 0 Å². The average molecular weight is 305 g/mol. The molecule has 0 saturated heterocycles. The molecule has 0 amide bonds. The normalized spacial score (nSPS) is 13.2. The van der Waals surface area contributed by atoms with E-state index >= 15 is 0 Å². The summed E-state index contributed by atoms with van der Waals surface area (Å²) < 4.78 is 0. The first-order valence-corrected chi connectivity index (χ1v) is 7.74. The average Bonchev–Trinajstić information content (AvgIpc) is 2.56. The molecule has 0 aliphatic heterocycles. The fraction of sp³-hybridized carbons (Fsp3) is 0.0952. The van der Waals surface area contributed by atoms with Gasteiger partial charge in [0, 0.05) is 12.6 Å². The minimum Gasteiger partial charge on any atom is -1.00 e. The summed E-state index contributed by atoms with van der Waals surface area (Å²) in [5.74, 6) is 0. The molecule has 0 saturated carbocycles. The van der Waals surface area contributed by atoms with E-state index < -0.39 is 0 Å². The molecule has 106 valence electrons. The van der Waals surface area contributed by atoms with E-state index in [-0.39, 0.29) is 31.0 Å². The predicted molar refractivity (Wildman–Crippen MR) is 90.2 cm³/mol. The molecular formula is C21H16NNa. The second-order valence-electron chi connectivity index (χ2n) is 6.14. The first-order chi connectivity index (χ1) is 10.9. The van der Waals surface area contributed by atoms with Gasteiger partial charge in [0.25, 0.3) is 0 Å². The Labute approximate surface area is 159 Å². The molecule has 1 heterocycles. The van der Waals surface area contributed by atoms with Gasteiger partial charge in [-0.2, -0.15) is 0 Å². The van der Waals surface area contributed by atoms with Gasteiger partial charge in [-0.25, -0.2) is 0 Å². The number of hydrogen-bond donors (Lipinski definition) is 0. The van der Waals surface area contributed by atoms with E-state index in [1.807, 2.05) is 12.3 Å². The zero-order valence-electron chi connectivity index (χ0n) is 14.2. The zero-order chi connectivity index (χ0) is 14.5. The minimum absolute atomic E-state index is 0. The summed E-state index contributed by atoms with van der Waals surface area (Å²) in [5, 5.41) is 2.70. The largest absolute Gasteiger partial charge is 1.00 e. The van der Waals surface area contributed by atoms with E-state index in [1.54, 1.807) is 0 Å². The number of nitrogens with zero attached hydrogens (tertiary/aromatic N) is 1. The SMILES string of the molecule is C1=c2cc3c(cc2Cc2ccccc21)=Cc1ncccc1C3.[H-].[Na+]. The van der Waals surface area contributed by atoms with Gasteiger partial charge < -0.3 is 1.43 Å². The molecule has 2 aromatic carbocycles. The summed E-state index contributed by atoms with van der Waals surface area (Å²) in [4.78, 5) is 4.50. The summed E-state index contributed by atoms with van der Waals surface area (Å²) in [6, 6.07) is 17.6. The number of fused-ring (bicyclic) bond motifs is 4. The molecule has 3 aromatic rings. The molecule has 0 radical (unpaired) electrons. The Kier molecular flexibility index (Phi) is 3.73. The first-order valence-electron chi connectivity index (χ1n) is 7.74. The van der Waals surface area contributed by atoms with Crippen LogP contribution in [0.15, 0.2) is 54.7 Å². The quantitative estimate of drug-likeness (QED) is 0.357. The first kappa shape index (κ1) is 14.9. The summed E-state index contributed by atoms with van der Waals surface area (Å²) in [7, 11) is 0. The van der Waals surface area contributed by atoms with E-state index in [4.69, 9.17) is 0 Å². The number of hydrogen-bond acceptors (Lipinski definition) is 1. The summed E-state index contributed by atoms with van der Waals surface area (Å²) >= 11 is 0. The van der Waals surface area contributed by atoms with Crippen molar-refractivity contribution >= 4 is 12.2 Å². The van der Waals surface area contributed by atoms with Crippen LogP contribution in [0.1, 0.15) is 34.9 Å². The van der Waals surface area contributed by atoms with Gasteiger partial charge in [0.2, 0.25) is 0 Å². The number of rotatable bonds is 0. The Morgan fingerprint density at radius 2 is 1.43 bits per heavy atom. The fourth-order valence-corrected chi connectivity index (χ4v) is 3.59. The van der Waals surface area contributed by atoms with Crippen LogP contribution in [0.5, 0.6) is 0 Å².